The number of hydrogen-bond donors (Lipinski definition) is 0. The van der Waals surface area contributed by atoms with E-state index in [2.05, 4.69) is 5.10 Å². The quantitative estimate of drug-likeness (QED) is 0.850. The van der Waals surface area contributed by atoms with E-state index in [0.29, 0.717) is 5.92 Å². The molecule has 0 N–H and O–H groups in total. The van der Waals surface area contributed by atoms with Crippen molar-refractivity contribution in [2.45, 2.75) is 18.9 Å². The summed E-state index contributed by atoms with van der Waals surface area (Å²) in [5.41, 5.74) is 2.15. The summed E-state index contributed by atoms with van der Waals surface area (Å²) in [6.07, 6.45) is 5.46. The van der Waals surface area contributed by atoms with Crippen molar-refractivity contribution in [1.29, 1.82) is 0 Å². The van der Waals surface area contributed by atoms with Crippen molar-refractivity contribution in [3.8, 4) is 0 Å². The topological polar surface area (TPSA) is 47.4 Å². The van der Waals surface area contributed by atoms with Crippen LogP contribution in [0.5, 0.6) is 0 Å². The summed E-state index contributed by atoms with van der Waals surface area (Å²) in [6.45, 7) is 1.59. The van der Waals surface area contributed by atoms with E-state index in [9.17, 15) is 4.79 Å². The van der Waals surface area contributed by atoms with Crippen LogP contribution in [0.2, 0.25) is 0 Å². The van der Waals surface area contributed by atoms with Crippen molar-refractivity contribution in [3.63, 3.8) is 0 Å². The van der Waals surface area contributed by atoms with Crippen LogP contribution in [0.4, 0.5) is 0 Å². The molecule has 2 aromatic rings. The normalized spacial score (nSPS) is 19.0. The van der Waals surface area contributed by atoms with Gasteiger partial charge < -0.3 is 9.64 Å². The van der Waals surface area contributed by atoms with Crippen LogP contribution in [-0.2, 0) is 23.0 Å². The van der Waals surface area contributed by atoms with Crippen molar-refractivity contribution in [3.05, 3.63) is 53.9 Å². The highest BCUT2D eigenvalue weighted by Crippen LogP contribution is 2.26. The zero-order valence-electron chi connectivity index (χ0n) is 13.7. The molecule has 122 valence electrons. The number of likely N-dealkylation sites (tertiary alicyclic amines) is 1. The minimum absolute atomic E-state index is 0.0624. The second-order valence-corrected chi connectivity index (χ2v) is 6.19. The molecule has 1 aliphatic rings. The molecule has 0 unspecified atom stereocenters. The molecular weight excluding hydrogens is 290 g/mol. The van der Waals surface area contributed by atoms with Crippen LogP contribution in [0, 0.1) is 5.92 Å². The maximum absolute atomic E-state index is 12.8. The predicted octanol–water partition coefficient (Wildman–Crippen LogP) is 2.20. The van der Waals surface area contributed by atoms with Crippen molar-refractivity contribution < 1.29 is 9.53 Å². The molecule has 23 heavy (non-hydrogen) atoms. The van der Waals surface area contributed by atoms with E-state index in [1.807, 2.05) is 59.4 Å². The van der Waals surface area contributed by atoms with Crippen molar-refractivity contribution >= 4 is 5.91 Å². The monoisotopic (exact) mass is 313 g/mol. The maximum Gasteiger partial charge on any atom is 0.256 e. The first kappa shape index (κ1) is 15.7. The van der Waals surface area contributed by atoms with E-state index in [-0.39, 0.29) is 5.91 Å². The molecule has 5 nitrogen and oxygen atoms in total. The number of nitrogens with zero attached hydrogens (tertiary/aromatic N) is 3. The molecule has 0 aliphatic carbocycles. The van der Waals surface area contributed by atoms with Gasteiger partial charge in [0.15, 0.2) is 6.10 Å². The smallest absolute Gasteiger partial charge is 0.256 e. The molecule has 1 saturated heterocycles. The zero-order chi connectivity index (χ0) is 16.2. The Morgan fingerprint density at radius 2 is 2.17 bits per heavy atom. The van der Waals surface area contributed by atoms with Gasteiger partial charge in [-0.15, -0.1) is 0 Å². The third-order valence-electron chi connectivity index (χ3n) is 4.44. The van der Waals surface area contributed by atoms with Crippen LogP contribution in [0.15, 0.2) is 42.7 Å². The molecule has 3 rings (SSSR count). The summed E-state index contributed by atoms with van der Waals surface area (Å²) in [6, 6.07) is 9.69. The Labute approximate surface area is 136 Å². The van der Waals surface area contributed by atoms with Gasteiger partial charge >= 0.3 is 0 Å². The highest BCUT2D eigenvalue weighted by Gasteiger charge is 2.31. The highest BCUT2D eigenvalue weighted by atomic mass is 16.5. The molecular formula is C18H23N3O2. The second-order valence-electron chi connectivity index (χ2n) is 6.19. The fraction of sp³-hybridized carbons (Fsp3) is 0.444. The van der Waals surface area contributed by atoms with Gasteiger partial charge in [0.25, 0.3) is 5.91 Å². The lowest BCUT2D eigenvalue weighted by Crippen LogP contribution is -2.34. The first-order chi connectivity index (χ1) is 11.2. The Morgan fingerprint density at radius 1 is 1.39 bits per heavy atom. The van der Waals surface area contributed by atoms with E-state index >= 15 is 0 Å². The molecule has 1 fully saturated rings. The van der Waals surface area contributed by atoms with E-state index in [1.165, 1.54) is 5.56 Å². The summed E-state index contributed by atoms with van der Waals surface area (Å²) in [4.78, 5) is 14.7. The third kappa shape index (κ3) is 3.62. The number of aryl methyl sites for hydroxylation is 1. The minimum Gasteiger partial charge on any atom is -0.367 e. The summed E-state index contributed by atoms with van der Waals surface area (Å²) in [7, 11) is 3.52. The zero-order valence-corrected chi connectivity index (χ0v) is 13.7. The standard InChI is InChI=1S/C18H23N3O2/c1-20-12-15(11-19-20)10-14-8-9-21(13-14)18(22)17(23-2)16-6-4-3-5-7-16/h3-7,11-12,14,17H,8-10,13H2,1-2H3/t14-,17-/m1/s1. The number of rotatable bonds is 5. The van der Waals surface area contributed by atoms with Gasteiger partial charge in [0.05, 0.1) is 6.20 Å². The van der Waals surface area contributed by atoms with Crippen LogP contribution < -0.4 is 0 Å². The summed E-state index contributed by atoms with van der Waals surface area (Å²) in [5.74, 6) is 0.559. The number of ether oxygens (including phenoxy) is 1. The third-order valence-corrected chi connectivity index (χ3v) is 4.44. The SMILES string of the molecule is CO[C@@H](C(=O)N1CC[C@H](Cc2cnn(C)c2)C1)c1ccccc1. The van der Waals surface area contributed by atoms with Gasteiger partial charge in [0.2, 0.25) is 0 Å². The molecule has 1 aromatic carbocycles. The molecule has 0 radical (unpaired) electrons. The van der Waals surface area contributed by atoms with Gasteiger partial charge in [-0.2, -0.15) is 5.10 Å². The van der Waals surface area contributed by atoms with Crippen molar-refractivity contribution in [1.82, 2.24) is 14.7 Å². The summed E-state index contributed by atoms with van der Waals surface area (Å²) >= 11 is 0. The van der Waals surface area contributed by atoms with E-state index in [1.54, 1.807) is 7.11 Å². The van der Waals surface area contributed by atoms with E-state index in [0.717, 1.165) is 31.5 Å². The Morgan fingerprint density at radius 3 is 2.83 bits per heavy atom. The second kappa shape index (κ2) is 6.96. The van der Waals surface area contributed by atoms with Crippen molar-refractivity contribution in [2.75, 3.05) is 20.2 Å². The predicted molar refractivity (Wildman–Crippen MR) is 87.8 cm³/mol. The van der Waals surface area contributed by atoms with Crippen molar-refractivity contribution in [2.24, 2.45) is 13.0 Å². The maximum atomic E-state index is 12.8. The number of hydrogen-bond acceptors (Lipinski definition) is 3. The molecule has 5 heteroatoms. The lowest BCUT2D eigenvalue weighted by atomic mass is 10.0. The number of carbonyl (C=O) groups is 1. The molecule has 0 bridgehead atoms. The molecule has 0 saturated carbocycles. The van der Waals surface area contributed by atoms with Gasteiger partial charge in [0, 0.05) is 33.4 Å². The number of amides is 1. The number of aromatic nitrogens is 2. The summed E-state index contributed by atoms with van der Waals surface area (Å²) < 4.78 is 7.29. The highest BCUT2D eigenvalue weighted by molar-refractivity contribution is 5.82. The molecule has 0 spiro atoms. The van der Waals surface area contributed by atoms with Gasteiger partial charge in [-0.1, -0.05) is 30.3 Å². The first-order valence-corrected chi connectivity index (χ1v) is 8.01. The Bertz CT molecular complexity index is 653. The minimum atomic E-state index is -0.506. The molecule has 2 atom stereocenters. The average Bonchev–Trinajstić information content (AvgIpc) is 3.19. The van der Waals surface area contributed by atoms with Crippen LogP contribution in [-0.4, -0.2) is 40.8 Å². The van der Waals surface area contributed by atoms with Gasteiger partial charge in [-0.05, 0) is 29.9 Å². The fourth-order valence-corrected chi connectivity index (χ4v) is 3.28. The first-order valence-electron chi connectivity index (χ1n) is 8.01. The van der Waals surface area contributed by atoms with Crippen LogP contribution >= 0.6 is 0 Å². The van der Waals surface area contributed by atoms with Gasteiger partial charge in [-0.3, -0.25) is 9.48 Å². The Kier molecular flexibility index (Phi) is 4.76. The average molecular weight is 313 g/mol. The lowest BCUT2D eigenvalue weighted by Gasteiger charge is -2.23. The molecule has 1 aromatic heterocycles. The van der Waals surface area contributed by atoms with Gasteiger partial charge in [-0.25, -0.2) is 0 Å². The number of methoxy groups -OCH3 is 1. The van der Waals surface area contributed by atoms with Gasteiger partial charge in [0.1, 0.15) is 0 Å². The summed E-state index contributed by atoms with van der Waals surface area (Å²) in [5, 5.41) is 4.21. The largest absolute Gasteiger partial charge is 0.367 e. The van der Waals surface area contributed by atoms with E-state index < -0.39 is 6.10 Å². The van der Waals surface area contributed by atoms with Crippen LogP contribution in [0.1, 0.15) is 23.7 Å². The van der Waals surface area contributed by atoms with E-state index in [4.69, 9.17) is 4.74 Å². The molecule has 1 amide bonds. The lowest BCUT2D eigenvalue weighted by molar-refractivity contribution is -0.141. The van der Waals surface area contributed by atoms with Crippen LogP contribution in [0.25, 0.3) is 0 Å². The van der Waals surface area contributed by atoms with Crippen LogP contribution in [0.3, 0.4) is 0 Å². The number of carbonyl (C=O) groups excluding carboxylic acids is 1. The molecule has 2 heterocycles. The Balaban J connectivity index is 1.62. The number of benzene rings is 1. The Hall–Kier alpha value is -2.14. The fourth-order valence-electron chi connectivity index (χ4n) is 3.28. The molecule has 1 aliphatic heterocycles.